The predicted molar refractivity (Wildman–Crippen MR) is 60.2 cm³/mol. The largest absolute Gasteiger partial charge is 0.502 e. The first-order valence-electron chi connectivity index (χ1n) is 5.79. The summed E-state index contributed by atoms with van der Waals surface area (Å²) in [5.74, 6) is 0. The second-order valence-electron chi connectivity index (χ2n) is 3.52. The zero-order chi connectivity index (χ0) is 10.5. The van der Waals surface area contributed by atoms with E-state index in [1.54, 1.807) is 6.26 Å². The first-order valence-corrected chi connectivity index (χ1v) is 5.79. The fourth-order valence-corrected chi connectivity index (χ4v) is 1.19. The van der Waals surface area contributed by atoms with Crippen LogP contribution in [0.25, 0.3) is 0 Å². The number of aliphatic hydroxyl groups excluding tert-OH is 1. The summed E-state index contributed by atoms with van der Waals surface area (Å²) in [4.78, 5) is 0. The van der Waals surface area contributed by atoms with Crippen molar-refractivity contribution in [3.05, 3.63) is 12.3 Å². The molecule has 0 heterocycles. The van der Waals surface area contributed by atoms with E-state index in [-0.39, 0.29) is 6.61 Å². The Morgan fingerprint density at radius 2 is 1.93 bits per heavy atom. The quantitative estimate of drug-likeness (QED) is 0.433. The smallest absolute Gasteiger partial charge is 0.0874 e. The summed E-state index contributed by atoms with van der Waals surface area (Å²) in [6.07, 6.45) is 12.0. The fourth-order valence-electron chi connectivity index (χ4n) is 1.19. The van der Waals surface area contributed by atoms with Crippen molar-refractivity contribution in [3.8, 4) is 0 Å². The molecule has 0 radical (unpaired) electrons. The van der Waals surface area contributed by atoms with Gasteiger partial charge < -0.3 is 9.84 Å². The zero-order valence-corrected chi connectivity index (χ0v) is 9.37. The molecule has 0 spiro atoms. The lowest BCUT2D eigenvalue weighted by Crippen LogP contribution is -1.90. The molecule has 1 N–H and O–H groups in total. The van der Waals surface area contributed by atoms with Crippen LogP contribution in [0.3, 0.4) is 0 Å². The molecule has 0 unspecified atom stereocenters. The summed E-state index contributed by atoms with van der Waals surface area (Å²) in [6, 6.07) is 0. The molecule has 0 amide bonds. The Labute approximate surface area is 88.0 Å². The molecule has 0 aromatic carbocycles. The maximum Gasteiger partial charge on any atom is 0.0874 e. The molecule has 84 valence electrons. The van der Waals surface area contributed by atoms with Crippen LogP contribution in [0.1, 0.15) is 51.9 Å². The van der Waals surface area contributed by atoms with Crippen molar-refractivity contribution in [1.29, 1.82) is 0 Å². The molecule has 0 saturated heterocycles. The van der Waals surface area contributed by atoms with E-state index in [1.807, 2.05) is 0 Å². The van der Waals surface area contributed by atoms with Crippen LogP contribution in [0.4, 0.5) is 0 Å². The van der Waals surface area contributed by atoms with Gasteiger partial charge in [0.05, 0.1) is 12.9 Å². The van der Waals surface area contributed by atoms with Crippen LogP contribution < -0.4 is 0 Å². The Balaban J connectivity index is 2.96. The van der Waals surface area contributed by atoms with E-state index in [2.05, 4.69) is 13.0 Å². The topological polar surface area (TPSA) is 29.5 Å². The summed E-state index contributed by atoms with van der Waals surface area (Å²) < 4.78 is 5.25. The second-order valence-corrected chi connectivity index (χ2v) is 3.52. The van der Waals surface area contributed by atoms with Crippen LogP contribution in [0.15, 0.2) is 12.3 Å². The van der Waals surface area contributed by atoms with E-state index in [9.17, 15) is 0 Å². The number of allylic oxidation sites excluding steroid dienone is 1. The molecule has 0 saturated carbocycles. The third-order valence-electron chi connectivity index (χ3n) is 2.09. The summed E-state index contributed by atoms with van der Waals surface area (Å²) in [5.41, 5.74) is 0. The highest BCUT2D eigenvalue weighted by Crippen LogP contribution is 2.02. The minimum Gasteiger partial charge on any atom is -0.502 e. The molecule has 2 heteroatoms. The fraction of sp³-hybridized carbons (Fsp3) is 0.833. The van der Waals surface area contributed by atoms with Gasteiger partial charge in [-0.3, -0.25) is 0 Å². The lowest BCUT2D eigenvalue weighted by atomic mass is 10.1. The van der Waals surface area contributed by atoms with E-state index in [1.165, 1.54) is 25.7 Å². The zero-order valence-electron chi connectivity index (χ0n) is 9.37. The summed E-state index contributed by atoms with van der Waals surface area (Å²) >= 11 is 0. The van der Waals surface area contributed by atoms with Gasteiger partial charge in [-0.1, -0.05) is 26.2 Å². The third-order valence-corrected chi connectivity index (χ3v) is 2.09. The van der Waals surface area contributed by atoms with E-state index in [0.717, 1.165) is 25.9 Å². The van der Waals surface area contributed by atoms with Crippen molar-refractivity contribution < 1.29 is 9.84 Å². The normalized spacial score (nSPS) is 11.0. The maximum atomic E-state index is 8.52. The van der Waals surface area contributed by atoms with Gasteiger partial charge in [0.1, 0.15) is 0 Å². The molecular weight excluding hydrogens is 176 g/mol. The first-order chi connectivity index (χ1) is 6.91. The molecule has 0 bridgehead atoms. The molecule has 14 heavy (non-hydrogen) atoms. The lowest BCUT2D eigenvalue weighted by molar-refractivity contribution is 0.218. The Hall–Kier alpha value is -0.500. The standard InChI is InChI=1S/C12H24O2/c1-2-3-4-5-6-8-11-14-12-9-7-10-13/h8,11,13H,2-7,9-10,12H2,1H3. The molecule has 0 fully saturated rings. The number of rotatable bonds is 10. The summed E-state index contributed by atoms with van der Waals surface area (Å²) in [5, 5.41) is 8.52. The van der Waals surface area contributed by atoms with Gasteiger partial charge in [0.25, 0.3) is 0 Å². The minimum absolute atomic E-state index is 0.268. The molecule has 0 atom stereocenters. The number of hydrogen-bond donors (Lipinski definition) is 1. The Kier molecular flexibility index (Phi) is 12.1. The number of ether oxygens (including phenoxy) is 1. The molecule has 0 aromatic rings. The molecule has 2 nitrogen and oxygen atoms in total. The lowest BCUT2D eigenvalue weighted by Gasteiger charge is -1.98. The van der Waals surface area contributed by atoms with Crippen molar-refractivity contribution >= 4 is 0 Å². The molecule has 0 aromatic heterocycles. The van der Waals surface area contributed by atoms with Gasteiger partial charge in [-0.25, -0.2) is 0 Å². The highest BCUT2D eigenvalue weighted by atomic mass is 16.5. The highest BCUT2D eigenvalue weighted by Gasteiger charge is 1.85. The monoisotopic (exact) mass is 200 g/mol. The van der Waals surface area contributed by atoms with Crippen LogP contribution in [0, 0.1) is 0 Å². The Morgan fingerprint density at radius 3 is 2.64 bits per heavy atom. The van der Waals surface area contributed by atoms with Crippen molar-refractivity contribution in [2.24, 2.45) is 0 Å². The molecular formula is C12H24O2. The summed E-state index contributed by atoms with van der Waals surface area (Å²) in [6.45, 7) is 3.22. The first kappa shape index (κ1) is 13.5. The SMILES string of the molecule is CCCCCCC=COCCCCO. The molecule has 0 rings (SSSR count). The van der Waals surface area contributed by atoms with Crippen molar-refractivity contribution in [2.75, 3.05) is 13.2 Å². The second kappa shape index (κ2) is 12.5. The van der Waals surface area contributed by atoms with Gasteiger partial charge in [0, 0.05) is 6.61 Å². The van der Waals surface area contributed by atoms with Crippen molar-refractivity contribution in [1.82, 2.24) is 0 Å². The third kappa shape index (κ3) is 11.5. The van der Waals surface area contributed by atoms with Crippen LogP contribution in [0.2, 0.25) is 0 Å². The minimum atomic E-state index is 0.268. The van der Waals surface area contributed by atoms with Crippen LogP contribution in [-0.4, -0.2) is 18.3 Å². The highest BCUT2D eigenvalue weighted by molar-refractivity contribution is 4.73. The predicted octanol–water partition coefficient (Wildman–Crippen LogP) is 3.26. The van der Waals surface area contributed by atoms with E-state index in [0.29, 0.717) is 0 Å². The number of hydrogen-bond acceptors (Lipinski definition) is 2. The average Bonchev–Trinajstić information content (AvgIpc) is 2.21. The average molecular weight is 200 g/mol. The van der Waals surface area contributed by atoms with E-state index < -0.39 is 0 Å². The van der Waals surface area contributed by atoms with Gasteiger partial charge >= 0.3 is 0 Å². The van der Waals surface area contributed by atoms with Gasteiger partial charge in [-0.2, -0.15) is 0 Å². The van der Waals surface area contributed by atoms with Crippen LogP contribution >= 0.6 is 0 Å². The Morgan fingerprint density at radius 1 is 1.07 bits per heavy atom. The molecule has 0 aliphatic carbocycles. The van der Waals surface area contributed by atoms with E-state index in [4.69, 9.17) is 9.84 Å². The van der Waals surface area contributed by atoms with Gasteiger partial charge in [0.2, 0.25) is 0 Å². The van der Waals surface area contributed by atoms with Gasteiger partial charge in [-0.15, -0.1) is 0 Å². The van der Waals surface area contributed by atoms with Crippen molar-refractivity contribution in [2.45, 2.75) is 51.9 Å². The van der Waals surface area contributed by atoms with Crippen molar-refractivity contribution in [3.63, 3.8) is 0 Å². The molecule has 0 aliphatic heterocycles. The van der Waals surface area contributed by atoms with Gasteiger partial charge in [-0.05, 0) is 31.8 Å². The van der Waals surface area contributed by atoms with Crippen LogP contribution in [0.5, 0.6) is 0 Å². The summed E-state index contributed by atoms with van der Waals surface area (Å²) in [7, 11) is 0. The number of unbranched alkanes of at least 4 members (excludes halogenated alkanes) is 5. The van der Waals surface area contributed by atoms with Gasteiger partial charge in [0.15, 0.2) is 0 Å². The van der Waals surface area contributed by atoms with Crippen LogP contribution in [-0.2, 0) is 4.74 Å². The maximum absolute atomic E-state index is 8.52. The number of aliphatic hydroxyl groups is 1. The molecule has 0 aliphatic rings. The Bertz CT molecular complexity index is 107. The van der Waals surface area contributed by atoms with E-state index >= 15 is 0 Å².